The molecular weight excluding hydrogens is 304 g/mol. The van der Waals surface area contributed by atoms with Gasteiger partial charge in [0.2, 0.25) is 0 Å². The normalized spacial score (nSPS) is 10.8. The summed E-state index contributed by atoms with van der Waals surface area (Å²) in [6.45, 7) is 1.91. The van der Waals surface area contributed by atoms with E-state index >= 15 is 0 Å². The van der Waals surface area contributed by atoms with Crippen molar-refractivity contribution in [3.8, 4) is 10.4 Å². The quantitative estimate of drug-likeness (QED) is 0.558. The van der Waals surface area contributed by atoms with Gasteiger partial charge in [-0.3, -0.25) is 4.79 Å². The number of amides is 1. The lowest BCUT2D eigenvalue weighted by Gasteiger charge is -2.02. The molecule has 3 rings (SSSR count). The second-order valence-electron chi connectivity index (χ2n) is 5.08. The molecule has 1 heterocycles. The number of aryl methyl sites for hydroxylation is 1. The van der Waals surface area contributed by atoms with Crippen molar-refractivity contribution >= 4 is 23.5 Å². The second-order valence-corrected chi connectivity index (χ2v) is 6.20. The Balaban J connectivity index is 1.66. The van der Waals surface area contributed by atoms with Crippen LogP contribution in [0.3, 0.4) is 0 Å². The number of carbonyl (C=O) groups excluding carboxylic acids is 1. The summed E-state index contributed by atoms with van der Waals surface area (Å²) in [6.07, 6.45) is 1.67. The Bertz CT molecular complexity index is 837. The number of rotatable bonds is 4. The predicted octanol–water partition coefficient (Wildman–Crippen LogP) is 4.49. The van der Waals surface area contributed by atoms with Gasteiger partial charge in [0.25, 0.3) is 5.91 Å². The maximum atomic E-state index is 12.1. The SMILES string of the molecule is Cc1ccccc1C(=O)N/N=C\c1ccc(-c2ccccc2)s1. The fourth-order valence-corrected chi connectivity index (χ4v) is 3.11. The molecule has 4 heteroatoms. The Hall–Kier alpha value is -2.72. The van der Waals surface area contributed by atoms with E-state index in [0.717, 1.165) is 10.4 Å². The molecule has 1 amide bonds. The lowest BCUT2D eigenvalue weighted by atomic mass is 10.1. The minimum Gasteiger partial charge on any atom is -0.267 e. The van der Waals surface area contributed by atoms with Gasteiger partial charge in [0, 0.05) is 15.3 Å². The summed E-state index contributed by atoms with van der Waals surface area (Å²) in [7, 11) is 0. The van der Waals surface area contributed by atoms with Gasteiger partial charge in [-0.15, -0.1) is 11.3 Å². The standard InChI is InChI=1S/C19H16N2OS/c1-14-7-5-6-10-17(14)19(22)21-20-13-16-11-12-18(23-16)15-8-3-2-4-9-15/h2-13H,1H3,(H,21,22)/b20-13-. The Labute approximate surface area is 139 Å². The lowest BCUT2D eigenvalue weighted by molar-refractivity contribution is 0.0954. The molecule has 0 unspecified atom stereocenters. The van der Waals surface area contributed by atoms with Crippen LogP contribution in [0, 0.1) is 6.92 Å². The maximum absolute atomic E-state index is 12.1. The summed E-state index contributed by atoms with van der Waals surface area (Å²) < 4.78 is 0. The summed E-state index contributed by atoms with van der Waals surface area (Å²) in [4.78, 5) is 14.2. The average molecular weight is 320 g/mol. The molecule has 0 fully saturated rings. The minimum absolute atomic E-state index is 0.195. The number of nitrogens with one attached hydrogen (secondary N) is 1. The molecular formula is C19H16N2OS. The molecule has 0 saturated carbocycles. The van der Waals surface area contributed by atoms with E-state index in [1.807, 2.05) is 49.4 Å². The zero-order valence-corrected chi connectivity index (χ0v) is 13.5. The Kier molecular flexibility index (Phi) is 4.64. The molecule has 0 aliphatic rings. The largest absolute Gasteiger partial charge is 0.271 e. The summed E-state index contributed by atoms with van der Waals surface area (Å²) in [6, 6.07) is 21.7. The van der Waals surface area contributed by atoms with Gasteiger partial charge in [0.1, 0.15) is 0 Å². The van der Waals surface area contributed by atoms with E-state index in [1.54, 1.807) is 23.6 Å². The van der Waals surface area contributed by atoms with Crippen LogP contribution in [0.2, 0.25) is 0 Å². The van der Waals surface area contributed by atoms with Crippen LogP contribution in [0.1, 0.15) is 20.8 Å². The number of nitrogens with zero attached hydrogens (tertiary/aromatic N) is 1. The molecule has 1 aromatic heterocycles. The summed E-state index contributed by atoms with van der Waals surface area (Å²) >= 11 is 1.64. The van der Waals surface area contributed by atoms with E-state index in [9.17, 15) is 4.79 Å². The zero-order valence-electron chi connectivity index (χ0n) is 12.7. The third-order valence-electron chi connectivity index (χ3n) is 3.43. The molecule has 0 radical (unpaired) electrons. The summed E-state index contributed by atoms with van der Waals surface area (Å²) in [5, 5.41) is 4.05. The zero-order chi connectivity index (χ0) is 16.1. The van der Waals surface area contributed by atoms with Crippen molar-refractivity contribution in [2.24, 2.45) is 5.10 Å². The maximum Gasteiger partial charge on any atom is 0.271 e. The molecule has 23 heavy (non-hydrogen) atoms. The van der Waals surface area contributed by atoms with Crippen molar-refractivity contribution in [2.75, 3.05) is 0 Å². The predicted molar refractivity (Wildman–Crippen MR) is 96.0 cm³/mol. The van der Waals surface area contributed by atoms with Gasteiger partial charge >= 0.3 is 0 Å². The van der Waals surface area contributed by atoms with Crippen LogP contribution in [0.25, 0.3) is 10.4 Å². The number of hydrogen-bond acceptors (Lipinski definition) is 3. The van der Waals surface area contributed by atoms with Crippen molar-refractivity contribution in [2.45, 2.75) is 6.92 Å². The highest BCUT2D eigenvalue weighted by atomic mass is 32.1. The third kappa shape index (κ3) is 3.73. The first-order valence-corrected chi connectivity index (χ1v) is 8.10. The minimum atomic E-state index is -0.195. The first-order chi connectivity index (χ1) is 11.2. The van der Waals surface area contributed by atoms with Crippen LogP contribution >= 0.6 is 11.3 Å². The molecule has 0 spiro atoms. The van der Waals surface area contributed by atoms with E-state index < -0.39 is 0 Å². The second kappa shape index (κ2) is 7.03. The Morgan fingerprint density at radius 2 is 1.74 bits per heavy atom. The Morgan fingerprint density at radius 3 is 2.52 bits per heavy atom. The molecule has 0 atom stereocenters. The van der Waals surface area contributed by atoms with Crippen LogP contribution < -0.4 is 5.43 Å². The number of carbonyl (C=O) groups is 1. The van der Waals surface area contributed by atoms with Gasteiger partial charge in [0.15, 0.2) is 0 Å². The highest BCUT2D eigenvalue weighted by Crippen LogP contribution is 2.26. The average Bonchev–Trinajstić information content (AvgIpc) is 3.05. The topological polar surface area (TPSA) is 41.5 Å². The third-order valence-corrected chi connectivity index (χ3v) is 4.50. The van der Waals surface area contributed by atoms with Crippen molar-refractivity contribution in [1.29, 1.82) is 0 Å². The van der Waals surface area contributed by atoms with Gasteiger partial charge in [-0.1, -0.05) is 48.5 Å². The van der Waals surface area contributed by atoms with Crippen LogP contribution in [0.15, 0.2) is 71.8 Å². The molecule has 0 aliphatic carbocycles. The van der Waals surface area contributed by atoms with Gasteiger partial charge in [-0.05, 0) is 36.2 Å². The molecule has 1 N–H and O–H groups in total. The van der Waals surface area contributed by atoms with E-state index in [2.05, 4.69) is 28.7 Å². The number of benzene rings is 2. The summed E-state index contributed by atoms with van der Waals surface area (Å²) in [5.41, 5.74) is 5.33. The molecule has 2 aromatic carbocycles. The fourth-order valence-electron chi connectivity index (χ4n) is 2.22. The van der Waals surface area contributed by atoms with Crippen molar-refractivity contribution in [3.63, 3.8) is 0 Å². The highest BCUT2D eigenvalue weighted by molar-refractivity contribution is 7.17. The van der Waals surface area contributed by atoms with Gasteiger partial charge in [-0.2, -0.15) is 5.10 Å². The van der Waals surface area contributed by atoms with Gasteiger partial charge in [-0.25, -0.2) is 5.43 Å². The number of thiophene rings is 1. The van der Waals surface area contributed by atoms with E-state index in [-0.39, 0.29) is 5.91 Å². The van der Waals surface area contributed by atoms with Crippen LogP contribution in [-0.2, 0) is 0 Å². The van der Waals surface area contributed by atoms with Crippen LogP contribution in [-0.4, -0.2) is 12.1 Å². The van der Waals surface area contributed by atoms with Crippen molar-refractivity contribution < 1.29 is 4.79 Å². The molecule has 0 bridgehead atoms. The van der Waals surface area contributed by atoms with Gasteiger partial charge < -0.3 is 0 Å². The molecule has 3 aromatic rings. The first-order valence-electron chi connectivity index (χ1n) is 7.28. The molecule has 0 aliphatic heterocycles. The Morgan fingerprint density at radius 1 is 1.00 bits per heavy atom. The molecule has 114 valence electrons. The monoisotopic (exact) mass is 320 g/mol. The highest BCUT2D eigenvalue weighted by Gasteiger charge is 2.06. The van der Waals surface area contributed by atoms with E-state index in [0.29, 0.717) is 5.56 Å². The summed E-state index contributed by atoms with van der Waals surface area (Å²) in [5.74, 6) is -0.195. The van der Waals surface area contributed by atoms with Gasteiger partial charge in [0.05, 0.1) is 6.21 Å². The van der Waals surface area contributed by atoms with Crippen LogP contribution in [0.5, 0.6) is 0 Å². The fraction of sp³-hybridized carbons (Fsp3) is 0.0526. The lowest BCUT2D eigenvalue weighted by Crippen LogP contribution is -2.18. The molecule has 0 saturated heterocycles. The van der Waals surface area contributed by atoms with Crippen molar-refractivity contribution in [1.82, 2.24) is 5.43 Å². The first kappa shape index (κ1) is 15.2. The van der Waals surface area contributed by atoms with E-state index in [1.165, 1.54) is 10.4 Å². The number of hydrazone groups is 1. The smallest absolute Gasteiger partial charge is 0.267 e. The van der Waals surface area contributed by atoms with E-state index in [4.69, 9.17) is 0 Å². The number of hydrogen-bond donors (Lipinski definition) is 1. The molecule has 3 nitrogen and oxygen atoms in total. The van der Waals surface area contributed by atoms with Crippen molar-refractivity contribution in [3.05, 3.63) is 82.7 Å². The van der Waals surface area contributed by atoms with Crippen LogP contribution in [0.4, 0.5) is 0 Å².